The summed E-state index contributed by atoms with van der Waals surface area (Å²) < 4.78 is 27.3. The number of nitrogens with one attached hydrogen (secondary N) is 1. The van der Waals surface area contributed by atoms with Crippen molar-refractivity contribution in [3.8, 4) is 0 Å². The summed E-state index contributed by atoms with van der Waals surface area (Å²) in [6, 6.07) is 13.9. The Labute approximate surface area is 149 Å². The van der Waals surface area contributed by atoms with Gasteiger partial charge < -0.3 is 5.32 Å². The van der Waals surface area contributed by atoms with Crippen molar-refractivity contribution in [1.29, 1.82) is 0 Å². The lowest BCUT2D eigenvalue weighted by molar-refractivity contribution is -0.119. The standard InChI is InChI=1S/C19H24N2O3S/c1-14(2)16-7-9-17(10-8-16)21(13-19(22)20-4)25(23,24)18-11-5-15(3)6-12-18/h5-12,14H,13H2,1-4H3,(H,20,22). The molecule has 0 aliphatic heterocycles. The van der Waals surface area contributed by atoms with E-state index in [1.807, 2.05) is 19.1 Å². The molecule has 1 N–H and O–H groups in total. The van der Waals surface area contributed by atoms with Gasteiger partial charge in [-0.1, -0.05) is 43.7 Å². The van der Waals surface area contributed by atoms with Crippen molar-refractivity contribution >= 4 is 21.6 Å². The molecule has 0 spiro atoms. The van der Waals surface area contributed by atoms with Crippen LogP contribution >= 0.6 is 0 Å². The molecule has 2 rings (SSSR count). The summed E-state index contributed by atoms with van der Waals surface area (Å²) in [5.74, 6) is -0.0289. The first-order valence-corrected chi connectivity index (χ1v) is 9.59. The van der Waals surface area contributed by atoms with Gasteiger partial charge in [0.1, 0.15) is 6.54 Å². The Hall–Kier alpha value is -2.34. The average molecular weight is 360 g/mol. The third-order valence-electron chi connectivity index (χ3n) is 4.02. The number of carbonyl (C=O) groups excluding carboxylic acids is 1. The molecule has 25 heavy (non-hydrogen) atoms. The zero-order valence-electron chi connectivity index (χ0n) is 15.0. The van der Waals surface area contributed by atoms with Crippen molar-refractivity contribution in [2.45, 2.75) is 31.6 Å². The Morgan fingerprint density at radius 2 is 1.60 bits per heavy atom. The number of aryl methyl sites for hydroxylation is 1. The number of anilines is 1. The summed E-state index contributed by atoms with van der Waals surface area (Å²) in [4.78, 5) is 12.0. The molecule has 2 aromatic carbocycles. The van der Waals surface area contributed by atoms with E-state index in [-0.39, 0.29) is 17.3 Å². The zero-order chi connectivity index (χ0) is 18.6. The number of amides is 1. The van der Waals surface area contributed by atoms with Crippen LogP contribution in [0.15, 0.2) is 53.4 Å². The topological polar surface area (TPSA) is 66.5 Å². The first kappa shape index (κ1) is 19.0. The largest absolute Gasteiger partial charge is 0.358 e. The zero-order valence-corrected chi connectivity index (χ0v) is 15.8. The molecule has 0 saturated carbocycles. The van der Waals surface area contributed by atoms with E-state index >= 15 is 0 Å². The molecule has 0 fully saturated rings. The molecule has 5 nitrogen and oxygen atoms in total. The van der Waals surface area contributed by atoms with Gasteiger partial charge in [-0.15, -0.1) is 0 Å². The highest BCUT2D eigenvalue weighted by molar-refractivity contribution is 7.92. The number of hydrogen-bond acceptors (Lipinski definition) is 3. The van der Waals surface area contributed by atoms with Gasteiger partial charge in [-0.3, -0.25) is 9.10 Å². The number of nitrogens with zero attached hydrogens (tertiary/aromatic N) is 1. The van der Waals surface area contributed by atoms with Gasteiger partial charge in [0.2, 0.25) is 5.91 Å². The fraction of sp³-hybridized carbons (Fsp3) is 0.316. The van der Waals surface area contributed by atoms with Crippen LogP contribution in [0.3, 0.4) is 0 Å². The fourth-order valence-electron chi connectivity index (χ4n) is 2.39. The third-order valence-corrected chi connectivity index (χ3v) is 5.81. The molecule has 2 aromatic rings. The lowest BCUT2D eigenvalue weighted by Crippen LogP contribution is -2.39. The number of sulfonamides is 1. The van der Waals surface area contributed by atoms with Crippen LogP contribution in [0.2, 0.25) is 0 Å². The van der Waals surface area contributed by atoms with Gasteiger partial charge in [0.25, 0.3) is 10.0 Å². The summed E-state index contributed by atoms with van der Waals surface area (Å²) in [6.45, 7) is 5.76. The number of carbonyl (C=O) groups is 1. The quantitative estimate of drug-likeness (QED) is 0.861. The molecule has 0 heterocycles. The van der Waals surface area contributed by atoms with Crippen LogP contribution in [0.4, 0.5) is 5.69 Å². The Morgan fingerprint density at radius 1 is 1.04 bits per heavy atom. The highest BCUT2D eigenvalue weighted by Gasteiger charge is 2.26. The second kappa shape index (κ2) is 7.70. The van der Waals surface area contributed by atoms with Gasteiger partial charge >= 0.3 is 0 Å². The minimum Gasteiger partial charge on any atom is -0.358 e. The maximum absolute atomic E-state index is 13.1. The smallest absolute Gasteiger partial charge is 0.264 e. The van der Waals surface area contributed by atoms with Gasteiger partial charge in [0.05, 0.1) is 10.6 Å². The summed E-state index contributed by atoms with van der Waals surface area (Å²) in [7, 11) is -2.35. The van der Waals surface area contributed by atoms with Crippen LogP contribution in [0.25, 0.3) is 0 Å². The average Bonchev–Trinajstić information content (AvgIpc) is 2.59. The Balaban J connectivity index is 2.48. The lowest BCUT2D eigenvalue weighted by Gasteiger charge is -2.24. The van der Waals surface area contributed by atoms with E-state index in [1.165, 1.54) is 7.05 Å². The van der Waals surface area contributed by atoms with Gasteiger partial charge in [0, 0.05) is 7.05 Å². The fourth-order valence-corrected chi connectivity index (χ4v) is 3.81. The first-order chi connectivity index (χ1) is 11.8. The summed E-state index contributed by atoms with van der Waals surface area (Å²) in [5, 5.41) is 2.48. The summed E-state index contributed by atoms with van der Waals surface area (Å²) >= 11 is 0. The third kappa shape index (κ3) is 4.39. The second-order valence-electron chi connectivity index (χ2n) is 6.24. The molecule has 0 atom stereocenters. The molecule has 0 bridgehead atoms. The molecule has 0 saturated heterocycles. The van der Waals surface area contributed by atoms with Crippen molar-refractivity contribution in [3.63, 3.8) is 0 Å². The van der Waals surface area contributed by atoms with Gasteiger partial charge in [-0.05, 0) is 42.7 Å². The second-order valence-corrected chi connectivity index (χ2v) is 8.11. The number of rotatable bonds is 6. The molecule has 6 heteroatoms. The van der Waals surface area contributed by atoms with Crippen molar-refractivity contribution in [2.75, 3.05) is 17.9 Å². The van der Waals surface area contributed by atoms with E-state index in [0.717, 1.165) is 15.4 Å². The van der Waals surface area contributed by atoms with E-state index in [0.29, 0.717) is 11.6 Å². The maximum atomic E-state index is 13.1. The van der Waals surface area contributed by atoms with E-state index in [1.54, 1.807) is 36.4 Å². The first-order valence-electron chi connectivity index (χ1n) is 8.15. The molecule has 0 aliphatic carbocycles. The predicted octanol–water partition coefficient (Wildman–Crippen LogP) is 3.06. The van der Waals surface area contributed by atoms with E-state index in [4.69, 9.17) is 0 Å². The molecule has 0 aromatic heterocycles. The van der Waals surface area contributed by atoms with Crippen LogP contribution in [0.5, 0.6) is 0 Å². The van der Waals surface area contributed by atoms with Crippen molar-refractivity contribution < 1.29 is 13.2 Å². The molecule has 0 aliphatic rings. The van der Waals surface area contributed by atoms with Crippen LogP contribution in [-0.2, 0) is 14.8 Å². The Kier molecular flexibility index (Phi) is 5.85. The summed E-state index contributed by atoms with van der Waals surface area (Å²) in [5.41, 5.74) is 2.54. The SMILES string of the molecule is CNC(=O)CN(c1ccc(C(C)C)cc1)S(=O)(=O)c1ccc(C)cc1. The van der Waals surface area contributed by atoms with Crippen LogP contribution in [0, 0.1) is 6.92 Å². The molecule has 0 radical (unpaired) electrons. The predicted molar refractivity (Wildman–Crippen MR) is 100 cm³/mol. The Morgan fingerprint density at radius 3 is 2.08 bits per heavy atom. The van der Waals surface area contributed by atoms with E-state index in [9.17, 15) is 13.2 Å². The highest BCUT2D eigenvalue weighted by Crippen LogP contribution is 2.26. The maximum Gasteiger partial charge on any atom is 0.264 e. The molecular formula is C19H24N2O3S. The monoisotopic (exact) mass is 360 g/mol. The minimum absolute atomic E-state index is 0.162. The molecule has 0 unspecified atom stereocenters. The Bertz CT molecular complexity index is 826. The van der Waals surface area contributed by atoms with E-state index in [2.05, 4.69) is 19.2 Å². The molecule has 1 amide bonds. The van der Waals surface area contributed by atoms with Crippen molar-refractivity contribution in [2.24, 2.45) is 0 Å². The normalized spacial score (nSPS) is 11.4. The van der Waals surface area contributed by atoms with Crippen molar-refractivity contribution in [3.05, 3.63) is 59.7 Å². The highest BCUT2D eigenvalue weighted by atomic mass is 32.2. The van der Waals surface area contributed by atoms with Gasteiger partial charge in [0.15, 0.2) is 0 Å². The van der Waals surface area contributed by atoms with Gasteiger partial charge in [-0.25, -0.2) is 8.42 Å². The summed E-state index contributed by atoms with van der Waals surface area (Å²) in [6.07, 6.45) is 0. The number of hydrogen-bond donors (Lipinski definition) is 1. The minimum atomic E-state index is -3.84. The van der Waals surface area contributed by atoms with Crippen LogP contribution in [0.1, 0.15) is 30.9 Å². The van der Waals surface area contributed by atoms with Crippen molar-refractivity contribution in [1.82, 2.24) is 5.32 Å². The lowest BCUT2D eigenvalue weighted by atomic mass is 10.0. The number of likely N-dealkylation sites (N-methyl/N-ethyl adjacent to an activating group) is 1. The van der Waals surface area contributed by atoms with Crippen LogP contribution < -0.4 is 9.62 Å². The van der Waals surface area contributed by atoms with Gasteiger partial charge in [-0.2, -0.15) is 0 Å². The molecule has 134 valence electrons. The van der Waals surface area contributed by atoms with E-state index < -0.39 is 10.0 Å². The van der Waals surface area contributed by atoms with Crippen LogP contribution in [-0.4, -0.2) is 27.9 Å². The number of benzene rings is 2. The molecular weight excluding hydrogens is 336 g/mol.